The minimum absolute atomic E-state index is 0.0123. The molecule has 0 spiro atoms. The first kappa shape index (κ1) is 14.5. The van der Waals surface area contributed by atoms with Crippen LogP contribution < -0.4 is 0 Å². The molecule has 1 unspecified atom stereocenters. The Morgan fingerprint density at radius 3 is 2.56 bits per heavy atom. The molecule has 0 fully saturated rings. The molecule has 0 radical (unpaired) electrons. The van der Waals surface area contributed by atoms with Crippen LogP contribution in [0.5, 0.6) is 0 Å². The Hall–Kier alpha value is -1.53. The van der Waals surface area contributed by atoms with Crippen molar-refractivity contribution in [2.24, 2.45) is 5.92 Å². The van der Waals surface area contributed by atoms with Crippen LogP contribution >= 0.6 is 11.6 Å². The van der Waals surface area contributed by atoms with Crippen molar-refractivity contribution in [1.82, 2.24) is 0 Å². The van der Waals surface area contributed by atoms with Gasteiger partial charge in [-0.1, -0.05) is 43.6 Å². The number of halogens is 1. The molecule has 3 nitrogen and oxygen atoms in total. The van der Waals surface area contributed by atoms with E-state index < -0.39 is 11.4 Å². The number of hydrogen-bond donors (Lipinski definition) is 1. The van der Waals surface area contributed by atoms with E-state index >= 15 is 0 Å². The van der Waals surface area contributed by atoms with Crippen LogP contribution in [0.4, 0.5) is 0 Å². The molecule has 1 N–H and O–H groups in total. The predicted octanol–water partition coefficient (Wildman–Crippen LogP) is 3.62. The van der Waals surface area contributed by atoms with E-state index in [1.807, 2.05) is 19.9 Å². The molecule has 1 rings (SSSR count). The number of nitrogens with zero attached hydrogens (tertiary/aromatic N) is 1. The van der Waals surface area contributed by atoms with Crippen molar-refractivity contribution in [3.8, 4) is 6.07 Å². The van der Waals surface area contributed by atoms with Crippen LogP contribution in [0.15, 0.2) is 24.3 Å². The topological polar surface area (TPSA) is 61.1 Å². The van der Waals surface area contributed by atoms with E-state index in [1.165, 1.54) is 0 Å². The average Bonchev–Trinajstić information content (AvgIpc) is 2.31. The number of carboxylic acids is 1. The van der Waals surface area contributed by atoms with Gasteiger partial charge in [0.15, 0.2) is 0 Å². The fraction of sp³-hybridized carbons (Fsp3) is 0.429. The van der Waals surface area contributed by atoms with Gasteiger partial charge in [0.05, 0.1) is 11.5 Å². The second kappa shape index (κ2) is 5.88. The Balaban J connectivity index is 3.25. The quantitative estimate of drug-likeness (QED) is 0.884. The van der Waals surface area contributed by atoms with Crippen molar-refractivity contribution in [2.75, 3.05) is 0 Å². The van der Waals surface area contributed by atoms with E-state index in [9.17, 15) is 10.1 Å². The van der Waals surface area contributed by atoms with Crippen LogP contribution in [0.3, 0.4) is 0 Å². The molecule has 18 heavy (non-hydrogen) atoms. The van der Waals surface area contributed by atoms with Crippen molar-refractivity contribution >= 4 is 17.6 Å². The smallest absolute Gasteiger partial charge is 0.303 e. The number of carboxylic acid groups (broad SMARTS) is 1. The van der Waals surface area contributed by atoms with Crippen molar-refractivity contribution in [1.29, 1.82) is 5.26 Å². The summed E-state index contributed by atoms with van der Waals surface area (Å²) in [6.45, 7) is 3.82. The van der Waals surface area contributed by atoms with E-state index in [4.69, 9.17) is 16.7 Å². The molecular weight excluding hydrogens is 250 g/mol. The van der Waals surface area contributed by atoms with Gasteiger partial charge in [-0.15, -0.1) is 0 Å². The SMILES string of the molecule is CC(C)C(C#N)(CCC(=O)O)c1ccccc1Cl. The highest BCUT2D eigenvalue weighted by Gasteiger charge is 2.37. The standard InChI is InChI=1S/C14H16ClNO2/c1-10(2)14(9-16,8-7-13(17)18)11-5-3-4-6-12(11)15/h3-6,10H,7-8H2,1-2H3,(H,17,18). The average molecular weight is 266 g/mol. The summed E-state index contributed by atoms with van der Waals surface area (Å²) in [6, 6.07) is 9.42. The van der Waals surface area contributed by atoms with Gasteiger partial charge in [0.1, 0.15) is 0 Å². The summed E-state index contributed by atoms with van der Waals surface area (Å²) >= 11 is 6.15. The van der Waals surface area contributed by atoms with Gasteiger partial charge in [-0.3, -0.25) is 4.79 Å². The fourth-order valence-corrected chi connectivity index (χ4v) is 2.41. The molecule has 1 aromatic rings. The van der Waals surface area contributed by atoms with Crippen LogP contribution in [0.25, 0.3) is 0 Å². The molecule has 0 saturated carbocycles. The normalized spacial score (nSPS) is 13.9. The predicted molar refractivity (Wildman–Crippen MR) is 70.5 cm³/mol. The van der Waals surface area contributed by atoms with Crippen LogP contribution in [0, 0.1) is 17.2 Å². The van der Waals surface area contributed by atoms with Crippen LogP contribution in [0.1, 0.15) is 32.3 Å². The molecule has 96 valence electrons. The Morgan fingerprint density at radius 2 is 2.11 bits per heavy atom. The maximum absolute atomic E-state index is 10.8. The molecular formula is C14H16ClNO2. The highest BCUT2D eigenvalue weighted by Crippen LogP contribution is 2.39. The lowest BCUT2D eigenvalue weighted by Gasteiger charge is -2.31. The van der Waals surface area contributed by atoms with E-state index in [0.29, 0.717) is 10.6 Å². The maximum Gasteiger partial charge on any atom is 0.303 e. The molecule has 0 aromatic heterocycles. The highest BCUT2D eigenvalue weighted by molar-refractivity contribution is 6.31. The third-order valence-electron chi connectivity index (χ3n) is 3.27. The van der Waals surface area contributed by atoms with Gasteiger partial charge in [0.2, 0.25) is 0 Å². The summed E-state index contributed by atoms with van der Waals surface area (Å²) in [7, 11) is 0. The molecule has 1 atom stereocenters. The third-order valence-corrected chi connectivity index (χ3v) is 3.60. The van der Waals surface area contributed by atoms with Crippen LogP contribution in [-0.2, 0) is 10.2 Å². The zero-order valence-electron chi connectivity index (χ0n) is 10.5. The Bertz CT molecular complexity index is 479. The van der Waals surface area contributed by atoms with Crippen LogP contribution in [-0.4, -0.2) is 11.1 Å². The molecule has 0 saturated heterocycles. The number of hydrogen-bond acceptors (Lipinski definition) is 2. The molecule has 0 aliphatic rings. The van der Waals surface area contributed by atoms with Gasteiger partial charge in [-0.25, -0.2) is 0 Å². The summed E-state index contributed by atoms with van der Waals surface area (Å²) in [4.78, 5) is 10.8. The van der Waals surface area contributed by atoms with Gasteiger partial charge < -0.3 is 5.11 Å². The Kier molecular flexibility index (Phi) is 4.75. The largest absolute Gasteiger partial charge is 0.481 e. The van der Waals surface area contributed by atoms with Crippen LogP contribution in [0.2, 0.25) is 5.02 Å². The first-order valence-electron chi connectivity index (χ1n) is 5.82. The molecule has 0 bridgehead atoms. The molecule has 1 aromatic carbocycles. The third kappa shape index (κ3) is 2.83. The highest BCUT2D eigenvalue weighted by atomic mass is 35.5. The summed E-state index contributed by atoms with van der Waals surface area (Å²) in [5.74, 6) is -0.913. The van der Waals surface area contributed by atoms with Gasteiger partial charge in [-0.2, -0.15) is 5.26 Å². The van der Waals surface area contributed by atoms with Gasteiger partial charge >= 0.3 is 5.97 Å². The second-order valence-electron chi connectivity index (χ2n) is 4.61. The van der Waals surface area contributed by atoms with E-state index in [-0.39, 0.29) is 18.8 Å². The summed E-state index contributed by atoms with van der Waals surface area (Å²) < 4.78 is 0. The number of carbonyl (C=O) groups is 1. The summed E-state index contributed by atoms with van der Waals surface area (Å²) in [6.07, 6.45) is 0.219. The Morgan fingerprint density at radius 1 is 1.50 bits per heavy atom. The molecule has 0 amide bonds. The van der Waals surface area contributed by atoms with Gasteiger partial charge in [-0.05, 0) is 24.0 Å². The first-order valence-corrected chi connectivity index (χ1v) is 6.20. The summed E-state index contributed by atoms with van der Waals surface area (Å²) in [5, 5.41) is 18.9. The number of nitriles is 1. The van der Waals surface area contributed by atoms with E-state index in [1.54, 1.807) is 18.2 Å². The minimum Gasteiger partial charge on any atom is -0.481 e. The molecule has 0 aliphatic carbocycles. The zero-order valence-corrected chi connectivity index (χ0v) is 11.2. The van der Waals surface area contributed by atoms with Crippen molar-refractivity contribution in [3.05, 3.63) is 34.9 Å². The first-order chi connectivity index (χ1) is 8.44. The lowest BCUT2D eigenvalue weighted by Crippen LogP contribution is -2.31. The monoisotopic (exact) mass is 265 g/mol. The lowest BCUT2D eigenvalue weighted by atomic mass is 9.70. The molecule has 4 heteroatoms. The maximum atomic E-state index is 10.8. The number of benzene rings is 1. The second-order valence-corrected chi connectivity index (χ2v) is 5.02. The van der Waals surface area contributed by atoms with E-state index in [2.05, 4.69) is 6.07 Å². The van der Waals surface area contributed by atoms with Crippen molar-refractivity contribution in [2.45, 2.75) is 32.1 Å². The molecule has 0 aliphatic heterocycles. The number of aliphatic carboxylic acids is 1. The van der Waals surface area contributed by atoms with Crippen molar-refractivity contribution < 1.29 is 9.90 Å². The van der Waals surface area contributed by atoms with E-state index in [0.717, 1.165) is 0 Å². The zero-order chi connectivity index (χ0) is 13.8. The fourth-order valence-electron chi connectivity index (χ4n) is 2.11. The van der Waals surface area contributed by atoms with Gasteiger partial charge in [0, 0.05) is 11.4 Å². The molecule has 0 heterocycles. The summed E-state index contributed by atoms with van der Waals surface area (Å²) in [5.41, 5.74) is -0.137. The van der Waals surface area contributed by atoms with Gasteiger partial charge in [0.25, 0.3) is 0 Å². The minimum atomic E-state index is -0.901. The lowest BCUT2D eigenvalue weighted by molar-refractivity contribution is -0.137. The number of rotatable bonds is 5. The Labute approximate surface area is 112 Å². The van der Waals surface area contributed by atoms with Crippen molar-refractivity contribution in [3.63, 3.8) is 0 Å².